The number of rotatable bonds is 7. The molecule has 1 amide bonds. The molecule has 0 saturated heterocycles. The van der Waals surface area contributed by atoms with Gasteiger partial charge in [0.2, 0.25) is 5.91 Å². The van der Waals surface area contributed by atoms with Gasteiger partial charge >= 0.3 is 5.97 Å². The van der Waals surface area contributed by atoms with Crippen molar-refractivity contribution in [3.8, 4) is 0 Å². The lowest BCUT2D eigenvalue weighted by Gasteiger charge is -2.23. The van der Waals surface area contributed by atoms with Crippen LogP contribution in [-0.4, -0.2) is 36.2 Å². The molecular formula is C13H25NO4. The minimum atomic E-state index is -1.08. The quantitative estimate of drug-likeness (QED) is 0.671. The standard InChI is InChI=1S/C13H25NO4/c1-6-9(4)11(13(17)18-5)14-12(16)10(15)7-8(2)3/h8-11,15H,6-7H2,1-5H3,(H,14,16)/t9-,10-,11+/m1/s1. The van der Waals surface area contributed by atoms with E-state index in [-0.39, 0.29) is 11.8 Å². The summed E-state index contributed by atoms with van der Waals surface area (Å²) in [5.41, 5.74) is 0. The molecule has 0 fully saturated rings. The average molecular weight is 259 g/mol. The molecule has 0 aliphatic heterocycles. The Morgan fingerprint density at radius 1 is 1.28 bits per heavy atom. The number of methoxy groups -OCH3 is 1. The number of aliphatic hydroxyl groups excluding tert-OH is 1. The third-order valence-electron chi connectivity index (χ3n) is 2.96. The molecule has 5 nitrogen and oxygen atoms in total. The van der Waals surface area contributed by atoms with E-state index in [1.807, 2.05) is 27.7 Å². The van der Waals surface area contributed by atoms with Crippen LogP contribution >= 0.6 is 0 Å². The fraction of sp³-hybridized carbons (Fsp3) is 0.846. The van der Waals surface area contributed by atoms with Crippen molar-refractivity contribution in [1.29, 1.82) is 0 Å². The molecule has 106 valence electrons. The molecule has 0 bridgehead atoms. The van der Waals surface area contributed by atoms with E-state index in [0.29, 0.717) is 6.42 Å². The van der Waals surface area contributed by atoms with Crippen LogP contribution in [0.25, 0.3) is 0 Å². The van der Waals surface area contributed by atoms with Crippen LogP contribution < -0.4 is 5.32 Å². The van der Waals surface area contributed by atoms with Crippen LogP contribution in [-0.2, 0) is 14.3 Å². The fourth-order valence-electron chi connectivity index (χ4n) is 1.60. The van der Waals surface area contributed by atoms with Gasteiger partial charge in [0, 0.05) is 0 Å². The van der Waals surface area contributed by atoms with Crippen molar-refractivity contribution in [3.05, 3.63) is 0 Å². The normalized spacial score (nSPS) is 15.9. The Morgan fingerprint density at radius 2 is 1.83 bits per heavy atom. The maximum absolute atomic E-state index is 11.8. The topological polar surface area (TPSA) is 75.6 Å². The lowest BCUT2D eigenvalue weighted by atomic mass is 9.98. The van der Waals surface area contributed by atoms with Gasteiger partial charge < -0.3 is 15.2 Å². The first kappa shape index (κ1) is 16.9. The summed E-state index contributed by atoms with van der Waals surface area (Å²) >= 11 is 0. The van der Waals surface area contributed by atoms with Crippen molar-refractivity contribution in [2.45, 2.75) is 52.7 Å². The minimum absolute atomic E-state index is 0.0346. The van der Waals surface area contributed by atoms with E-state index in [1.165, 1.54) is 7.11 Å². The van der Waals surface area contributed by atoms with E-state index in [1.54, 1.807) is 0 Å². The molecule has 2 N–H and O–H groups in total. The lowest BCUT2D eigenvalue weighted by Crippen LogP contribution is -2.49. The number of hydrogen-bond acceptors (Lipinski definition) is 4. The van der Waals surface area contributed by atoms with E-state index in [2.05, 4.69) is 10.1 Å². The van der Waals surface area contributed by atoms with Gasteiger partial charge in [-0.05, 0) is 18.3 Å². The molecule has 0 aromatic heterocycles. The maximum Gasteiger partial charge on any atom is 0.328 e. The van der Waals surface area contributed by atoms with Crippen LogP contribution in [0.3, 0.4) is 0 Å². The summed E-state index contributed by atoms with van der Waals surface area (Å²) in [5, 5.41) is 12.2. The van der Waals surface area contributed by atoms with E-state index >= 15 is 0 Å². The first-order valence-electron chi connectivity index (χ1n) is 6.39. The Hall–Kier alpha value is -1.10. The highest BCUT2D eigenvalue weighted by Gasteiger charge is 2.29. The molecule has 0 heterocycles. The summed E-state index contributed by atoms with van der Waals surface area (Å²) in [6, 6.07) is -0.700. The largest absolute Gasteiger partial charge is 0.467 e. The van der Waals surface area contributed by atoms with Crippen LogP contribution in [0.5, 0.6) is 0 Å². The highest BCUT2D eigenvalue weighted by molar-refractivity contribution is 5.86. The van der Waals surface area contributed by atoms with E-state index in [9.17, 15) is 14.7 Å². The maximum atomic E-state index is 11.8. The third kappa shape index (κ3) is 5.49. The molecule has 0 unspecified atom stereocenters. The van der Waals surface area contributed by atoms with E-state index in [0.717, 1.165) is 6.42 Å². The number of amides is 1. The van der Waals surface area contributed by atoms with Gasteiger partial charge in [-0.2, -0.15) is 0 Å². The van der Waals surface area contributed by atoms with Crippen LogP contribution in [0.2, 0.25) is 0 Å². The Labute approximate surface area is 109 Å². The molecule has 0 aliphatic carbocycles. The Balaban J connectivity index is 4.58. The summed E-state index contributed by atoms with van der Waals surface area (Å²) in [6.07, 6.45) is 0.0295. The van der Waals surface area contributed by atoms with Gasteiger partial charge in [0.15, 0.2) is 0 Å². The Bertz CT molecular complexity index is 278. The van der Waals surface area contributed by atoms with Crippen LogP contribution in [0.15, 0.2) is 0 Å². The van der Waals surface area contributed by atoms with Gasteiger partial charge in [-0.15, -0.1) is 0 Å². The molecule has 0 aliphatic rings. The second-order valence-electron chi connectivity index (χ2n) is 5.04. The third-order valence-corrected chi connectivity index (χ3v) is 2.96. The fourth-order valence-corrected chi connectivity index (χ4v) is 1.60. The molecule has 5 heteroatoms. The van der Waals surface area contributed by atoms with Crippen LogP contribution in [0.1, 0.15) is 40.5 Å². The van der Waals surface area contributed by atoms with Crippen molar-refractivity contribution < 1.29 is 19.4 Å². The molecule has 18 heavy (non-hydrogen) atoms. The van der Waals surface area contributed by atoms with Crippen LogP contribution in [0.4, 0.5) is 0 Å². The van der Waals surface area contributed by atoms with Crippen LogP contribution in [0, 0.1) is 11.8 Å². The number of nitrogens with one attached hydrogen (secondary N) is 1. The van der Waals surface area contributed by atoms with Gasteiger partial charge in [0.1, 0.15) is 12.1 Å². The summed E-state index contributed by atoms with van der Waals surface area (Å²) in [7, 11) is 1.29. The van der Waals surface area contributed by atoms with Gasteiger partial charge in [0.25, 0.3) is 0 Å². The zero-order valence-electron chi connectivity index (χ0n) is 11.9. The number of esters is 1. The monoisotopic (exact) mass is 259 g/mol. The number of ether oxygens (including phenoxy) is 1. The van der Waals surface area contributed by atoms with Gasteiger partial charge in [-0.25, -0.2) is 4.79 Å². The summed E-state index contributed by atoms with van der Waals surface area (Å²) in [5.74, 6) is -0.813. The van der Waals surface area contributed by atoms with Gasteiger partial charge in [-0.3, -0.25) is 4.79 Å². The van der Waals surface area contributed by atoms with Crippen molar-refractivity contribution in [2.75, 3.05) is 7.11 Å². The van der Waals surface area contributed by atoms with E-state index < -0.39 is 24.0 Å². The first-order valence-corrected chi connectivity index (χ1v) is 6.39. The summed E-state index contributed by atoms with van der Waals surface area (Å²) in [4.78, 5) is 23.3. The second kappa shape index (κ2) is 8.08. The molecule has 0 radical (unpaired) electrons. The minimum Gasteiger partial charge on any atom is -0.467 e. The Kier molecular flexibility index (Phi) is 7.59. The molecule has 3 atom stereocenters. The van der Waals surface area contributed by atoms with E-state index in [4.69, 9.17) is 0 Å². The molecule has 0 saturated carbocycles. The first-order chi connectivity index (χ1) is 8.33. The Morgan fingerprint density at radius 3 is 2.22 bits per heavy atom. The predicted molar refractivity (Wildman–Crippen MR) is 68.9 cm³/mol. The highest BCUT2D eigenvalue weighted by atomic mass is 16.5. The van der Waals surface area contributed by atoms with Crippen molar-refractivity contribution >= 4 is 11.9 Å². The average Bonchev–Trinajstić information content (AvgIpc) is 2.32. The molecular weight excluding hydrogens is 234 g/mol. The second-order valence-corrected chi connectivity index (χ2v) is 5.04. The molecule has 0 aromatic carbocycles. The smallest absolute Gasteiger partial charge is 0.328 e. The zero-order valence-corrected chi connectivity index (χ0v) is 11.9. The number of hydrogen-bond donors (Lipinski definition) is 2. The summed E-state index contributed by atoms with van der Waals surface area (Å²) < 4.78 is 4.66. The number of carbonyl (C=O) groups is 2. The summed E-state index contributed by atoms with van der Waals surface area (Å²) in [6.45, 7) is 7.62. The molecule has 0 rings (SSSR count). The zero-order chi connectivity index (χ0) is 14.3. The molecule has 0 spiro atoms. The predicted octanol–water partition coefficient (Wildman–Crippen LogP) is 1.10. The molecule has 0 aromatic rings. The lowest BCUT2D eigenvalue weighted by molar-refractivity contribution is -0.148. The van der Waals surface area contributed by atoms with Gasteiger partial charge in [0.05, 0.1) is 7.11 Å². The van der Waals surface area contributed by atoms with Gasteiger partial charge in [-0.1, -0.05) is 34.1 Å². The van der Waals surface area contributed by atoms with Crippen molar-refractivity contribution in [2.24, 2.45) is 11.8 Å². The van der Waals surface area contributed by atoms with Crippen molar-refractivity contribution in [1.82, 2.24) is 5.32 Å². The van der Waals surface area contributed by atoms with Crippen molar-refractivity contribution in [3.63, 3.8) is 0 Å². The SMILES string of the molecule is CC[C@@H](C)[C@H](NC(=O)[C@H](O)CC(C)C)C(=O)OC. The number of aliphatic hydroxyl groups is 1. The number of carbonyl (C=O) groups excluding carboxylic acids is 2. The highest BCUT2D eigenvalue weighted by Crippen LogP contribution is 2.11.